The Kier molecular flexibility index (Phi) is 8.67. The first kappa shape index (κ1) is 19.4. The summed E-state index contributed by atoms with van der Waals surface area (Å²) in [6, 6.07) is 16.2. The fourth-order valence-electron chi connectivity index (χ4n) is 2.07. The van der Waals surface area contributed by atoms with Crippen molar-refractivity contribution in [1.29, 1.82) is 0 Å². The number of rotatable bonds is 5. The Labute approximate surface area is 138 Å². The van der Waals surface area contributed by atoms with Crippen LogP contribution in [0.4, 0.5) is 11.4 Å². The van der Waals surface area contributed by atoms with Crippen LogP contribution in [0.1, 0.15) is 5.56 Å². The van der Waals surface area contributed by atoms with E-state index >= 15 is 0 Å². The first-order chi connectivity index (χ1) is 9.20. The van der Waals surface area contributed by atoms with E-state index in [0.717, 1.165) is 30.1 Å². The van der Waals surface area contributed by atoms with Crippen LogP contribution < -0.4 is 15.4 Å². The quantitative estimate of drug-likeness (QED) is 0.848. The summed E-state index contributed by atoms with van der Waals surface area (Å²) in [6.45, 7) is 0.931. The Morgan fingerprint density at radius 1 is 1.05 bits per heavy atom. The van der Waals surface area contributed by atoms with Crippen LogP contribution in [0.3, 0.4) is 0 Å². The number of nitrogen functional groups attached to an aromatic ring is 1. The molecule has 2 aromatic rings. The van der Waals surface area contributed by atoms with Crippen molar-refractivity contribution in [2.75, 3.05) is 31.3 Å². The lowest BCUT2D eigenvalue weighted by Gasteiger charge is -2.21. The largest absolute Gasteiger partial charge is 0.497 e. The minimum absolute atomic E-state index is 0. The van der Waals surface area contributed by atoms with Gasteiger partial charge in [0.15, 0.2) is 0 Å². The molecule has 3 nitrogen and oxygen atoms in total. The van der Waals surface area contributed by atoms with Crippen molar-refractivity contribution in [1.82, 2.24) is 0 Å². The molecule has 0 aliphatic heterocycles. The van der Waals surface area contributed by atoms with Crippen molar-refractivity contribution < 1.29 is 4.74 Å². The lowest BCUT2D eigenvalue weighted by atomic mass is 10.1. The van der Waals surface area contributed by atoms with E-state index < -0.39 is 0 Å². The number of ether oxygens (including phenoxy) is 1. The summed E-state index contributed by atoms with van der Waals surface area (Å²) in [4.78, 5) is 2.17. The second kappa shape index (κ2) is 9.37. The minimum Gasteiger partial charge on any atom is -0.497 e. The van der Waals surface area contributed by atoms with Gasteiger partial charge in [0.2, 0.25) is 0 Å². The Morgan fingerprint density at radius 3 is 2.29 bits per heavy atom. The molecule has 0 aromatic heterocycles. The first-order valence-corrected chi connectivity index (χ1v) is 6.39. The monoisotopic (exact) mass is 328 g/mol. The Hall–Kier alpha value is -1.58. The molecule has 0 amide bonds. The summed E-state index contributed by atoms with van der Waals surface area (Å²) in [7, 11) is 3.70. The molecule has 0 saturated heterocycles. The van der Waals surface area contributed by atoms with Gasteiger partial charge in [-0.05, 0) is 24.1 Å². The SMILES string of the molecule is COc1ccc(N(C)CCc2ccccc2)c(N)c1.Cl.Cl. The highest BCUT2D eigenvalue weighted by molar-refractivity contribution is 5.85. The fourth-order valence-corrected chi connectivity index (χ4v) is 2.07. The molecule has 0 unspecified atom stereocenters. The molecule has 0 saturated carbocycles. The smallest absolute Gasteiger partial charge is 0.121 e. The van der Waals surface area contributed by atoms with Gasteiger partial charge in [0.1, 0.15) is 5.75 Å². The van der Waals surface area contributed by atoms with E-state index in [1.807, 2.05) is 24.3 Å². The molecule has 0 spiro atoms. The topological polar surface area (TPSA) is 38.5 Å². The van der Waals surface area contributed by atoms with Gasteiger partial charge >= 0.3 is 0 Å². The molecule has 0 fully saturated rings. The van der Waals surface area contributed by atoms with Crippen LogP contribution in [-0.4, -0.2) is 20.7 Å². The van der Waals surface area contributed by atoms with E-state index in [9.17, 15) is 0 Å². The maximum absolute atomic E-state index is 6.05. The minimum atomic E-state index is 0. The molecule has 0 aliphatic rings. The number of hydrogen-bond donors (Lipinski definition) is 1. The van der Waals surface area contributed by atoms with E-state index in [0.29, 0.717) is 0 Å². The maximum Gasteiger partial charge on any atom is 0.121 e. The zero-order valence-electron chi connectivity index (χ0n) is 12.3. The van der Waals surface area contributed by atoms with Gasteiger partial charge < -0.3 is 15.4 Å². The van der Waals surface area contributed by atoms with Gasteiger partial charge in [0.05, 0.1) is 18.5 Å². The highest BCUT2D eigenvalue weighted by Crippen LogP contribution is 2.26. The van der Waals surface area contributed by atoms with Gasteiger partial charge in [-0.3, -0.25) is 0 Å². The molecular formula is C16H22Cl2N2O. The second-order valence-electron chi connectivity index (χ2n) is 4.58. The Balaban J connectivity index is 0.00000200. The molecule has 0 heterocycles. The number of methoxy groups -OCH3 is 1. The number of benzene rings is 2. The summed E-state index contributed by atoms with van der Waals surface area (Å²) in [5, 5.41) is 0. The fraction of sp³-hybridized carbons (Fsp3) is 0.250. The summed E-state index contributed by atoms with van der Waals surface area (Å²) in [6.07, 6.45) is 1.00. The first-order valence-electron chi connectivity index (χ1n) is 6.39. The van der Waals surface area contributed by atoms with Gasteiger partial charge in [0, 0.05) is 19.7 Å². The van der Waals surface area contributed by atoms with E-state index in [2.05, 4.69) is 36.2 Å². The predicted molar refractivity (Wildman–Crippen MR) is 95.3 cm³/mol. The molecule has 0 bridgehead atoms. The van der Waals surface area contributed by atoms with Crippen molar-refractivity contribution in [3.63, 3.8) is 0 Å². The van der Waals surface area contributed by atoms with Gasteiger partial charge in [-0.15, -0.1) is 24.8 Å². The Morgan fingerprint density at radius 2 is 1.71 bits per heavy atom. The molecule has 0 radical (unpaired) electrons. The van der Waals surface area contributed by atoms with Crippen LogP contribution in [0.15, 0.2) is 48.5 Å². The zero-order chi connectivity index (χ0) is 13.7. The number of nitrogens with two attached hydrogens (primary N) is 1. The van der Waals surface area contributed by atoms with Crippen molar-refractivity contribution in [3.8, 4) is 5.75 Å². The highest BCUT2D eigenvalue weighted by Gasteiger charge is 2.06. The van der Waals surface area contributed by atoms with Crippen molar-refractivity contribution in [2.24, 2.45) is 0 Å². The third kappa shape index (κ3) is 5.37. The van der Waals surface area contributed by atoms with Crippen LogP contribution in [0, 0.1) is 0 Å². The van der Waals surface area contributed by atoms with E-state index in [4.69, 9.17) is 10.5 Å². The van der Waals surface area contributed by atoms with Crippen LogP contribution in [0.25, 0.3) is 0 Å². The normalized spacial score (nSPS) is 9.24. The van der Waals surface area contributed by atoms with E-state index in [1.165, 1.54) is 5.56 Å². The summed E-state index contributed by atoms with van der Waals surface area (Å²) >= 11 is 0. The maximum atomic E-state index is 6.05. The highest BCUT2D eigenvalue weighted by atomic mass is 35.5. The van der Waals surface area contributed by atoms with Crippen molar-refractivity contribution in [3.05, 3.63) is 54.1 Å². The molecule has 116 valence electrons. The number of nitrogens with zero attached hydrogens (tertiary/aromatic N) is 1. The molecule has 2 rings (SSSR count). The van der Waals surface area contributed by atoms with Crippen LogP contribution >= 0.6 is 24.8 Å². The molecule has 21 heavy (non-hydrogen) atoms. The van der Waals surface area contributed by atoms with Crippen LogP contribution in [0.2, 0.25) is 0 Å². The lowest BCUT2D eigenvalue weighted by molar-refractivity contribution is 0.415. The molecule has 0 atom stereocenters. The average molecular weight is 329 g/mol. The van der Waals surface area contributed by atoms with Crippen molar-refractivity contribution in [2.45, 2.75) is 6.42 Å². The predicted octanol–water partition coefficient (Wildman–Crippen LogP) is 3.80. The third-order valence-electron chi connectivity index (χ3n) is 3.22. The number of anilines is 2. The number of likely N-dealkylation sites (N-methyl/N-ethyl adjacent to an activating group) is 1. The lowest BCUT2D eigenvalue weighted by Crippen LogP contribution is -2.21. The summed E-state index contributed by atoms with van der Waals surface area (Å²) in [5.74, 6) is 0.790. The van der Waals surface area contributed by atoms with E-state index in [1.54, 1.807) is 7.11 Å². The van der Waals surface area contributed by atoms with Crippen LogP contribution in [0.5, 0.6) is 5.75 Å². The molecule has 2 N–H and O–H groups in total. The second-order valence-corrected chi connectivity index (χ2v) is 4.58. The molecular weight excluding hydrogens is 307 g/mol. The third-order valence-corrected chi connectivity index (χ3v) is 3.22. The number of halogens is 2. The standard InChI is InChI=1S/C16H20N2O.2ClH/c1-18(11-10-13-6-4-3-5-7-13)16-9-8-14(19-2)12-15(16)17;;/h3-9,12H,10-11,17H2,1-2H3;2*1H. The van der Waals surface area contributed by atoms with Crippen molar-refractivity contribution >= 4 is 36.2 Å². The summed E-state index contributed by atoms with van der Waals surface area (Å²) in [5.41, 5.74) is 9.16. The van der Waals surface area contributed by atoms with Gasteiger partial charge in [-0.25, -0.2) is 0 Å². The Bertz CT molecular complexity index is 535. The summed E-state index contributed by atoms with van der Waals surface area (Å²) < 4.78 is 5.16. The number of hydrogen-bond acceptors (Lipinski definition) is 3. The van der Waals surface area contributed by atoms with Gasteiger partial charge in [-0.2, -0.15) is 0 Å². The molecule has 5 heteroatoms. The molecule has 2 aromatic carbocycles. The molecule has 0 aliphatic carbocycles. The van der Waals surface area contributed by atoms with Crippen LogP contribution in [-0.2, 0) is 6.42 Å². The van der Waals surface area contributed by atoms with Gasteiger partial charge in [-0.1, -0.05) is 30.3 Å². The van der Waals surface area contributed by atoms with E-state index in [-0.39, 0.29) is 24.8 Å². The average Bonchev–Trinajstić information content (AvgIpc) is 2.45. The van der Waals surface area contributed by atoms with Gasteiger partial charge in [0.25, 0.3) is 0 Å². The zero-order valence-corrected chi connectivity index (χ0v) is 13.9.